The van der Waals surface area contributed by atoms with Gasteiger partial charge >= 0.3 is 5.97 Å². The summed E-state index contributed by atoms with van der Waals surface area (Å²) in [4.78, 5) is 11.2. The van der Waals surface area contributed by atoms with E-state index in [-0.39, 0.29) is 10.8 Å². The molecule has 2 nitrogen and oxygen atoms in total. The van der Waals surface area contributed by atoms with Crippen molar-refractivity contribution in [1.29, 1.82) is 0 Å². The lowest BCUT2D eigenvalue weighted by molar-refractivity contribution is 0.0697. The van der Waals surface area contributed by atoms with Crippen LogP contribution in [0.2, 0.25) is 0 Å². The van der Waals surface area contributed by atoms with Gasteiger partial charge in [0.05, 0.1) is 5.56 Å². The Morgan fingerprint density at radius 3 is 2.23 bits per heavy atom. The Kier molecular flexibility index (Phi) is 4.56. The lowest BCUT2D eigenvalue weighted by Gasteiger charge is -2.42. The van der Waals surface area contributed by atoms with Crippen molar-refractivity contribution in [1.82, 2.24) is 0 Å². The van der Waals surface area contributed by atoms with Gasteiger partial charge in [0.15, 0.2) is 0 Å². The summed E-state index contributed by atoms with van der Waals surface area (Å²) in [5.41, 5.74) is 6.89. The molecule has 136 valence electrons. The zero-order valence-electron chi connectivity index (χ0n) is 16.4. The Morgan fingerprint density at radius 1 is 0.923 bits per heavy atom. The van der Waals surface area contributed by atoms with Crippen molar-refractivity contribution in [3.05, 3.63) is 70.3 Å². The monoisotopic (exact) mass is 348 g/mol. The van der Waals surface area contributed by atoms with Crippen molar-refractivity contribution in [2.75, 3.05) is 0 Å². The average Bonchev–Trinajstić information content (AvgIpc) is 2.59. The van der Waals surface area contributed by atoms with Crippen LogP contribution in [0.1, 0.15) is 80.1 Å². The van der Waals surface area contributed by atoms with E-state index >= 15 is 0 Å². The molecule has 0 radical (unpaired) electrons. The van der Waals surface area contributed by atoms with E-state index in [1.165, 1.54) is 29.5 Å². The second-order valence-corrected chi connectivity index (χ2v) is 8.79. The summed E-state index contributed by atoms with van der Waals surface area (Å²) in [6.07, 6.45) is 4.47. The molecular weight excluding hydrogens is 320 g/mol. The maximum atomic E-state index is 11.2. The highest BCUT2D eigenvalue weighted by Gasteiger charge is 2.36. The van der Waals surface area contributed by atoms with E-state index in [0.29, 0.717) is 5.56 Å². The molecule has 0 fully saturated rings. The van der Waals surface area contributed by atoms with E-state index in [9.17, 15) is 9.90 Å². The molecule has 2 heteroatoms. The molecule has 0 aromatic heterocycles. The molecule has 2 aromatic rings. The molecular formula is C24H28O2. The second-order valence-electron chi connectivity index (χ2n) is 8.79. The van der Waals surface area contributed by atoms with Crippen LogP contribution in [0.3, 0.4) is 0 Å². The third-order valence-electron chi connectivity index (χ3n) is 5.82. The highest BCUT2D eigenvalue weighted by molar-refractivity contribution is 5.89. The van der Waals surface area contributed by atoms with Gasteiger partial charge in [0, 0.05) is 0 Å². The van der Waals surface area contributed by atoms with Gasteiger partial charge in [-0.25, -0.2) is 4.79 Å². The molecule has 3 rings (SSSR count). The SMILES string of the molecule is C/C(=C\c1cccc(C(=O)O)c1)c1ccc2c(c1)C(C)(C)CCC2(C)C. The first-order chi connectivity index (χ1) is 12.1. The van der Waals surface area contributed by atoms with Crippen LogP contribution in [-0.2, 0) is 10.8 Å². The molecule has 26 heavy (non-hydrogen) atoms. The Bertz CT molecular complexity index is 885. The molecule has 0 saturated carbocycles. The fraction of sp³-hybridized carbons (Fsp3) is 0.375. The summed E-state index contributed by atoms with van der Waals surface area (Å²) in [7, 11) is 0. The van der Waals surface area contributed by atoms with Gasteiger partial charge in [-0.15, -0.1) is 0 Å². The number of fused-ring (bicyclic) bond motifs is 1. The van der Waals surface area contributed by atoms with Crippen LogP contribution in [0, 0.1) is 0 Å². The van der Waals surface area contributed by atoms with Crippen molar-refractivity contribution >= 4 is 17.6 Å². The molecule has 1 aliphatic rings. The van der Waals surface area contributed by atoms with Crippen LogP contribution in [0.25, 0.3) is 11.6 Å². The lowest BCUT2D eigenvalue weighted by Crippen LogP contribution is -2.33. The van der Waals surface area contributed by atoms with E-state index in [0.717, 1.165) is 11.1 Å². The zero-order valence-corrected chi connectivity index (χ0v) is 16.4. The topological polar surface area (TPSA) is 37.3 Å². The van der Waals surface area contributed by atoms with Gasteiger partial charge in [0.25, 0.3) is 0 Å². The summed E-state index contributed by atoms with van der Waals surface area (Å²) in [6.45, 7) is 11.4. The number of carbonyl (C=O) groups is 1. The summed E-state index contributed by atoms with van der Waals surface area (Å²) >= 11 is 0. The molecule has 1 N–H and O–H groups in total. The molecule has 0 atom stereocenters. The number of hydrogen-bond acceptors (Lipinski definition) is 1. The van der Waals surface area contributed by atoms with Crippen LogP contribution in [-0.4, -0.2) is 11.1 Å². The molecule has 0 unspecified atom stereocenters. The maximum Gasteiger partial charge on any atom is 0.335 e. The zero-order chi connectivity index (χ0) is 19.1. The van der Waals surface area contributed by atoms with Crippen LogP contribution in [0.4, 0.5) is 0 Å². The molecule has 0 saturated heterocycles. The quantitative estimate of drug-likeness (QED) is 0.661. The van der Waals surface area contributed by atoms with Crippen molar-refractivity contribution < 1.29 is 9.90 Å². The predicted octanol–water partition coefficient (Wildman–Crippen LogP) is 6.29. The van der Waals surface area contributed by atoms with Crippen LogP contribution in [0.15, 0.2) is 42.5 Å². The fourth-order valence-electron chi connectivity index (χ4n) is 3.93. The molecule has 0 bridgehead atoms. The van der Waals surface area contributed by atoms with E-state index in [1.54, 1.807) is 18.2 Å². The first-order valence-corrected chi connectivity index (χ1v) is 9.27. The summed E-state index contributed by atoms with van der Waals surface area (Å²) < 4.78 is 0. The normalized spacial score (nSPS) is 18.3. The van der Waals surface area contributed by atoms with E-state index in [2.05, 4.69) is 58.9 Å². The fourth-order valence-corrected chi connectivity index (χ4v) is 3.93. The summed E-state index contributed by atoms with van der Waals surface area (Å²) in [6, 6.07) is 13.9. The minimum Gasteiger partial charge on any atom is -0.478 e. The van der Waals surface area contributed by atoms with E-state index in [4.69, 9.17) is 0 Å². The van der Waals surface area contributed by atoms with Gasteiger partial charge in [-0.3, -0.25) is 0 Å². The average molecular weight is 348 g/mol. The predicted molar refractivity (Wildman–Crippen MR) is 109 cm³/mol. The molecule has 0 spiro atoms. The van der Waals surface area contributed by atoms with Gasteiger partial charge in [0.2, 0.25) is 0 Å². The smallest absolute Gasteiger partial charge is 0.335 e. The molecule has 2 aromatic carbocycles. The Balaban J connectivity index is 2.03. The number of hydrogen-bond donors (Lipinski definition) is 1. The standard InChI is InChI=1S/C24H28O2/c1-16(13-17-7-6-8-19(14-17)22(25)26)18-9-10-20-21(15-18)24(4,5)12-11-23(20,2)3/h6-10,13-15H,11-12H2,1-5H3,(H,25,26)/b16-13+. The van der Waals surface area contributed by atoms with Crippen molar-refractivity contribution in [2.24, 2.45) is 0 Å². The van der Waals surface area contributed by atoms with E-state index < -0.39 is 5.97 Å². The maximum absolute atomic E-state index is 11.2. The van der Waals surface area contributed by atoms with Crippen molar-refractivity contribution in [2.45, 2.75) is 58.3 Å². The highest BCUT2D eigenvalue weighted by atomic mass is 16.4. The van der Waals surface area contributed by atoms with Gasteiger partial charge in [-0.05, 0) is 70.6 Å². The van der Waals surface area contributed by atoms with Gasteiger partial charge in [0.1, 0.15) is 0 Å². The Hall–Kier alpha value is -2.35. The Morgan fingerprint density at radius 2 is 1.58 bits per heavy atom. The number of allylic oxidation sites excluding steroid dienone is 1. The molecule has 0 heterocycles. The number of aromatic carboxylic acids is 1. The largest absolute Gasteiger partial charge is 0.478 e. The van der Waals surface area contributed by atoms with Crippen molar-refractivity contribution in [3.8, 4) is 0 Å². The van der Waals surface area contributed by atoms with Crippen LogP contribution >= 0.6 is 0 Å². The number of carboxylic acid groups (broad SMARTS) is 1. The highest BCUT2D eigenvalue weighted by Crippen LogP contribution is 2.46. The summed E-state index contributed by atoms with van der Waals surface area (Å²) in [5, 5.41) is 9.18. The van der Waals surface area contributed by atoms with Gasteiger partial charge < -0.3 is 5.11 Å². The lowest BCUT2D eigenvalue weighted by atomic mass is 9.63. The molecule has 0 aliphatic heterocycles. The molecule has 1 aliphatic carbocycles. The summed E-state index contributed by atoms with van der Waals surface area (Å²) in [5.74, 6) is -0.893. The Labute approximate surface area is 156 Å². The second kappa shape index (κ2) is 6.42. The van der Waals surface area contributed by atoms with Crippen molar-refractivity contribution in [3.63, 3.8) is 0 Å². The number of benzene rings is 2. The van der Waals surface area contributed by atoms with Crippen LogP contribution in [0.5, 0.6) is 0 Å². The number of rotatable bonds is 3. The third-order valence-corrected chi connectivity index (χ3v) is 5.82. The third kappa shape index (κ3) is 3.46. The van der Waals surface area contributed by atoms with E-state index in [1.807, 2.05) is 6.07 Å². The minimum absolute atomic E-state index is 0.185. The van der Waals surface area contributed by atoms with Gasteiger partial charge in [-0.1, -0.05) is 64.1 Å². The minimum atomic E-state index is -0.893. The first-order valence-electron chi connectivity index (χ1n) is 9.27. The van der Waals surface area contributed by atoms with Crippen LogP contribution < -0.4 is 0 Å². The number of carboxylic acids is 1. The van der Waals surface area contributed by atoms with Gasteiger partial charge in [-0.2, -0.15) is 0 Å². The molecule has 0 amide bonds. The first kappa shape index (κ1) is 18.4.